The number of likely N-dealkylation sites (N-methyl/N-ethyl adjacent to an activating group) is 1. The van der Waals surface area contributed by atoms with Crippen LogP contribution in [0.4, 0.5) is 0 Å². The van der Waals surface area contributed by atoms with E-state index in [1.165, 1.54) is 22.5 Å². The van der Waals surface area contributed by atoms with Gasteiger partial charge in [0.15, 0.2) is 11.3 Å². The number of aromatic nitrogens is 2. The molecule has 1 amide bonds. The molecular formula is C30H37N5O3S. The third kappa shape index (κ3) is 8.92. The summed E-state index contributed by atoms with van der Waals surface area (Å²) in [6.07, 6.45) is 12.3. The van der Waals surface area contributed by atoms with E-state index in [1.54, 1.807) is 0 Å². The van der Waals surface area contributed by atoms with Gasteiger partial charge in [0.2, 0.25) is 5.91 Å². The predicted molar refractivity (Wildman–Crippen MR) is 154 cm³/mol. The van der Waals surface area contributed by atoms with Crippen LogP contribution in [0.25, 0.3) is 0 Å². The van der Waals surface area contributed by atoms with Crippen molar-refractivity contribution >= 4 is 23.5 Å². The Bertz CT molecular complexity index is 1240. The maximum Gasteiger partial charge on any atom is 0.228 e. The number of ether oxygens (including phenoxy) is 1. The molecular weight excluding hydrogens is 510 g/mol. The van der Waals surface area contributed by atoms with Gasteiger partial charge in [-0.2, -0.15) is 0 Å². The molecule has 1 aromatic heterocycles. The summed E-state index contributed by atoms with van der Waals surface area (Å²) in [7, 11) is 1.90. The number of likely N-dealkylation sites (tertiary alicyclic amines) is 1. The van der Waals surface area contributed by atoms with Gasteiger partial charge in [-0.15, -0.1) is 15.9 Å². The SMILES string of the molecule is CNC1CC(=O)N(C2=CC=C=C(CN3CCOCC3)C=C2)C1.Cc1ccc(CCCc2nnc(C=O)s2)cc1. The van der Waals surface area contributed by atoms with Crippen molar-refractivity contribution in [2.45, 2.75) is 38.6 Å². The van der Waals surface area contributed by atoms with Crippen molar-refractivity contribution in [2.24, 2.45) is 0 Å². The standard InChI is InChI=1S/C17H23N3O2.C13H14N2OS/c1-18-15-11-17(21)20(13-15)16-4-2-3-14(5-6-16)12-19-7-9-22-10-8-19;1-10-5-7-11(8-6-10)3-2-4-12-14-15-13(9-16)17-12/h2,4-6,15,18H,7-13H2,1H3;5-9H,2-4H2,1H3. The molecule has 2 saturated heterocycles. The number of allylic oxidation sites excluding steroid dienone is 2. The number of morpholine rings is 1. The van der Waals surface area contributed by atoms with Gasteiger partial charge in [-0.1, -0.05) is 41.2 Å². The Morgan fingerprint density at radius 2 is 1.95 bits per heavy atom. The molecule has 9 heteroatoms. The van der Waals surface area contributed by atoms with Crippen molar-refractivity contribution in [3.63, 3.8) is 0 Å². The minimum absolute atomic E-state index is 0.181. The van der Waals surface area contributed by atoms with Crippen molar-refractivity contribution < 1.29 is 14.3 Å². The van der Waals surface area contributed by atoms with E-state index < -0.39 is 0 Å². The molecule has 3 heterocycles. The maximum atomic E-state index is 12.1. The fourth-order valence-electron chi connectivity index (χ4n) is 4.57. The Morgan fingerprint density at radius 3 is 2.64 bits per heavy atom. The van der Waals surface area contributed by atoms with Crippen LogP contribution < -0.4 is 5.32 Å². The predicted octanol–water partition coefficient (Wildman–Crippen LogP) is 3.51. The number of aldehydes is 1. The molecule has 5 rings (SSSR count). The summed E-state index contributed by atoms with van der Waals surface area (Å²) in [6.45, 7) is 7.24. The number of amides is 1. The maximum absolute atomic E-state index is 12.1. The lowest BCUT2D eigenvalue weighted by molar-refractivity contribution is -0.125. The molecule has 2 aliphatic heterocycles. The highest BCUT2D eigenvalue weighted by molar-refractivity contribution is 7.12. The Balaban J connectivity index is 0.000000187. The van der Waals surface area contributed by atoms with E-state index in [4.69, 9.17) is 4.74 Å². The van der Waals surface area contributed by atoms with E-state index >= 15 is 0 Å². The van der Waals surface area contributed by atoms with Crippen LogP contribution in [-0.4, -0.2) is 84.7 Å². The minimum atomic E-state index is 0.181. The van der Waals surface area contributed by atoms with E-state index in [2.05, 4.69) is 63.4 Å². The highest BCUT2D eigenvalue weighted by Crippen LogP contribution is 2.20. The number of rotatable bonds is 9. The summed E-state index contributed by atoms with van der Waals surface area (Å²) in [4.78, 5) is 26.8. The van der Waals surface area contributed by atoms with Crippen molar-refractivity contribution in [1.29, 1.82) is 0 Å². The second-order valence-corrected chi connectivity index (χ2v) is 10.9. The molecule has 3 aliphatic rings. The molecule has 0 bridgehead atoms. The molecule has 1 aromatic carbocycles. The lowest BCUT2D eigenvalue weighted by Gasteiger charge is -2.26. The fraction of sp³-hybridized carbons (Fsp3) is 0.433. The van der Waals surface area contributed by atoms with Gasteiger partial charge in [0, 0.05) is 56.3 Å². The van der Waals surface area contributed by atoms with E-state index in [0.717, 1.165) is 81.2 Å². The van der Waals surface area contributed by atoms with Crippen LogP contribution in [0.1, 0.15) is 38.8 Å². The van der Waals surface area contributed by atoms with E-state index in [0.29, 0.717) is 11.4 Å². The summed E-state index contributed by atoms with van der Waals surface area (Å²) in [5, 5.41) is 12.3. The number of carbonyl (C=O) groups excluding carboxylic acids is 2. The summed E-state index contributed by atoms with van der Waals surface area (Å²) < 4.78 is 5.37. The van der Waals surface area contributed by atoms with Crippen LogP contribution in [0, 0.1) is 6.92 Å². The van der Waals surface area contributed by atoms with Crippen molar-refractivity contribution in [3.05, 3.63) is 86.7 Å². The Kier molecular flexibility index (Phi) is 10.9. The van der Waals surface area contributed by atoms with Gasteiger partial charge in [0.05, 0.1) is 13.2 Å². The second-order valence-electron chi connectivity index (χ2n) is 9.83. The zero-order valence-corrected chi connectivity index (χ0v) is 23.6. The Labute approximate surface area is 234 Å². The molecule has 0 saturated carbocycles. The largest absolute Gasteiger partial charge is 0.379 e. The Hall–Kier alpha value is -3.20. The smallest absolute Gasteiger partial charge is 0.228 e. The molecule has 2 aromatic rings. The van der Waals surface area contributed by atoms with Crippen LogP contribution in [0.5, 0.6) is 0 Å². The minimum Gasteiger partial charge on any atom is -0.379 e. The third-order valence-corrected chi connectivity index (χ3v) is 7.79. The first-order valence-electron chi connectivity index (χ1n) is 13.5. The molecule has 0 spiro atoms. The van der Waals surface area contributed by atoms with E-state index in [9.17, 15) is 9.59 Å². The van der Waals surface area contributed by atoms with Crippen LogP contribution in [0.2, 0.25) is 0 Å². The van der Waals surface area contributed by atoms with Gasteiger partial charge >= 0.3 is 0 Å². The lowest BCUT2D eigenvalue weighted by Crippen LogP contribution is -2.37. The molecule has 1 aliphatic carbocycles. The molecule has 1 N–H and O–H groups in total. The second kappa shape index (κ2) is 14.8. The molecule has 1 atom stereocenters. The molecule has 0 radical (unpaired) electrons. The average Bonchev–Trinajstić information content (AvgIpc) is 3.51. The number of benzene rings is 1. The molecule has 206 valence electrons. The normalized spacial score (nSPS) is 19.3. The van der Waals surface area contributed by atoms with Crippen molar-refractivity contribution in [2.75, 3.05) is 46.4 Å². The van der Waals surface area contributed by atoms with E-state index in [-0.39, 0.29) is 11.9 Å². The first kappa shape index (κ1) is 28.8. The van der Waals surface area contributed by atoms with Crippen molar-refractivity contribution in [3.8, 4) is 0 Å². The molecule has 39 heavy (non-hydrogen) atoms. The zero-order valence-electron chi connectivity index (χ0n) is 22.8. The van der Waals surface area contributed by atoms with Crippen LogP contribution >= 0.6 is 11.3 Å². The van der Waals surface area contributed by atoms with Gasteiger partial charge in [-0.05, 0) is 56.7 Å². The summed E-state index contributed by atoms with van der Waals surface area (Å²) in [5.41, 5.74) is 8.04. The monoisotopic (exact) mass is 547 g/mol. The summed E-state index contributed by atoms with van der Waals surface area (Å²) >= 11 is 1.38. The van der Waals surface area contributed by atoms with Crippen LogP contribution in [0.3, 0.4) is 0 Å². The van der Waals surface area contributed by atoms with Gasteiger partial charge in [0.1, 0.15) is 5.01 Å². The molecule has 8 nitrogen and oxygen atoms in total. The Morgan fingerprint density at radius 1 is 1.15 bits per heavy atom. The lowest BCUT2D eigenvalue weighted by atomic mass is 10.1. The number of nitrogens with zero attached hydrogens (tertiary/aromatic N) is 4. The van der Waals surface area contributed by atoms with Crippen LogP contribution in [-0.2, 0) is 22.4 Å². The first-order chi connectivity index (χ1) is 19.0. The third-order valence-electron chi connectivity index (χ3n) is 6.88. The zero-order chi connectivity index (χ0) is 27.5. The number of aryl methyl sites for hydroxylation is 3. The number of hydrogen-bond donors (Lipinski definition) is 1. The van der Waals surface area contributed by atoms with Crippen molar-refractivity contribution in [1.82, 2.24) is 25.3 Å². The number of hydrogen-bond acceptors (Lipinski definition) is 8. The topological polar surface area (TPSA) is 87.7 Å². The average molecular weight is 548 g/mol. The van der Waals surface area contributed by atoms with Gasteiger partial charge in [-0.25, -0.2) is 0 Å². The molecule has 2 fully saturated rings. The highest BCUT2D eigenvalue weighted by atomic mass is 32.1. The van der Waals surface area contributed by atoms with E-state index in [1.807, 2.05) is 30.2 Å². The van der Waals surface area contributed by atoms with Gasteiger partial charge in [-0.3, -0.25) is 14.5 Å². The van der Waals surface area contributed by atoms with Gasteiger partial charge in [0.25, 0.3) is 0 Å². The highest BCUT2D eigenvalue weighted by Gasteiger charge is 2.30. The number of carbonyl (C=O) groups is 2. The quantitative estimate of drug-likeness (QED) is 0.380. The fourth-order valence-corrected chi connectivity index (χ4v) is 5.27. The van der Waals surface area contributed by atoms with Gasteiger partial charge < -0.3 is 15.0 Å². The molecule has 1 unspecified atom stereocenters. The van der Waals surface area contributed by atoms with Crippen LogP contribution in [0.15, 0.2) is 65.6 Å². The summed E-state index contributed by atoms with van der Waals surface area (Å²) in [5.74, 6) is 0.181. The summed E-state index contributed by atoms with van der Waals surface area (Å²) in [6, 6.07) is 8.82. The number of nitrogens with one attached hydrogen (secondary N) is 1. The first-order valence-corrected chi connectivity index (χ1v) is 14.3.